The van der Waals surface area contributed by atoms with E-state index >= 15 is 0 Å². The SMILES string of the molecule is CC/C=C\C/C=C\C/C=C\C/C=C\C/C=C\C/C=C\C/C=C\C/C=C\C/C=C\CCCCCCCC(=O)OC(CO)COC(=O)CCCCCCCCCCCCCCCCCCCCCCCCC/C=C\C/C=C\C/C=C\C/C=C\C/C=C\CC. The van der Waals surface area contributed by atoms with Gasteiger partial charge in [0.25, 0.3) is 0 Å². The largest absolute Gasteiger partial charge is 0.462 e. The van der Waals surface area contributed by atoms with Crippen molar-refractivity contribution < 1.29 is 24.2 Å². The van der Waals surface area contributed by atoms with Crippen molar-refractivity contribution in [1.29, 1.82) is 0 Å². The predicted molar refractivity (Wildman–Crippen MR) is 380 cm³/mol. The Labute approximate surface area is 532 Å². The molecule has 0 aliphatic heterocycles. The molecule has 0 spiro atoms. The lowest BCUT2D eigenvalue weighted by Crippen LogP contribution is -2.28. The number of esters is 2. The second-order valence-corrected chi connectivity index (χ2v) is 23.2. The Morgan fingerprint density at radius 3 is 0.698 bits per heavy atom. The Morgan fingerprint density at radius 2 is 0.465 bits per heavy atom. The number of rotatable bonds is 64. The molecule has 486 valence electrons. The van der Waals surface area contributed by atoms with Crippen molar-refractivity contribution in [1.82, 2.24) is 0 Å². The Morgan fingerprint density at radius 1 is 0.267 bits per heavy atom. The molecule has 0 saturated carbocycles. The molecule has 0 fully saturated rings. The van der Waals surface area contributed by atoms with Crippen molar-refractivity contribution in [2.24, 2.45) is 0 Å². The molecule has 0 bridgehead atoms. The number of hydrogen-bond acceptors (Lipinski definition) is 5. The fourth-order valence-corrected chi connectivity index (χ4v) is 9.75. The van der Waals surface area contributed by atoms with E-state index in [1.54, 1.807) is 0 Å². The Bertz CT molecular complexity index is 1870. The minimum absolute atomic E-state index is 0.0806. The van der Waals surface area contributed by atoms with Gasteiger partial charge < -0.3 is 14.6 Å². The van der Waals surface area contributed by atoms with Crippen LogP contribution in [0.5, 0.6) is 0 Å². The smallest absolute Gasteiger partial charge is 0.306 e. The van der Waals surface area contributed by atoms with Crippen LogP contribution in [0.4, 0.5) is 0 Å². The van der Waals surface area contributed by atoms with Gasteiger partial charge in [0, 0.05) is 12.8 Å². The summed E-state index contributed by atoms with van der Waals surface area (Å²) in [5.74, 6) is -0.612. The molecule has 0 aromatic rings. The molecule has 0 aromatic heterocycles. The summed E-state index contributed by atoms with van der Waals surface area (Å²) < 4.78 is 10.7. The maximum Gasteiger partial charge on any atom is 0.306 e. The molecular formula is C81H132O5. The maximum atomic E-state index is 12.4. The van der Waals surface area contributed by atoms with Crippen molar-refractivity contribution in [2.75, 3.05) is 13.2 Å². The fourth-order valence-electron chi connectivity index (χ4n) is 9.75. The first-order chi connectivity index (χ1) is 42.6. The summed E-state index contributed by atoms with van der Waals surface area (Å²) in [6, 6.07) is 0. The van der Waals surface area contributed by atoms with Crippen LogP contribution in [0.3, 0.4) is 0 Å². The van der Waals surface area contributed by atoms with Gasteiger partial charge in [0.05, 0.1) is 6.61 Å². The van der Waals surface area contributed by atoms with Crippen LogP contribution in [0.25, 0.3) is 0 Å². The maximum absolute atomic E-state index is 12.4. The van der Waals surface area contributed by atoms with Crippen LogP contribution in [0, 0.1) is 0 Å². The number of aliphatic hydroxyl groups excluding tert-OH is 1. The number of hydrogen-bond donors (Lipinski definition) is 1. The highest BCUT2D eigenvalue weighted by Gasteiger charge is 2.16. The van der Waals surface area contributed by atoms with Crippen LogP contribution in [0.1, 0.15) is 309 Å². The third-order valence-electron chi connectivity index (χ3n) is 15.0. The van der Waals surface area contributed by atoms with E-state index in [2.05, 4.69) is 184 Å². The Balaban J connectivity index is 3.52. The van der Waals surface area contributed by atoms with Gasteiger partial charge in [-0.1, -0.05) is 338 Å². The lowest BCUT2D eigenvalue weighted by atomic mass is 10.0. The quantitative estimate of drug-likeness (QED) is 0.0373. The number of carbonyl (C=O) groups is 2. The van der Waals surface area contributed by atoms with E-state index in [9.17, 15) is 14.7 Å². The van der Waals surface area contributed by atoms with E-state index in [1.807, 2.05) is 0 Å². The number of carbonyl (C=O) groups excluding carboxylic acids is 2. The van der Waals surface area contributed by atoms with Gasteiger partial charge in [-0.15, -0.1) is 0 Å². The molecule has 0 aromatic carbocycles. The first-order valence-electron chi connectivity index (χ1n) is 35.7. The molecule has 0 radical (unpaired) electrons. The number of unbranched alkanes of at least 4 members (excludes halogenated alkanes) is 28. The van der Waals surface area contributed by atoms with Gasteiger partial charge in [0.15, 0.2) is 6.10 Å². The molecule has 0 saturated heterocycles. The lowest BCUT2D eigenvalue weighted by molar-refractivity contribution is -0.161. The van der Waals surface area contributed by atoms with E-state index in [1.165, 1.54) is 135 Å². The van der Waals surface area contributed by atoms with Crippen molar-refractivity contribution >= 4 is 11.9 Å². The molecular weight excluding hydrogens is 1050 g/mol. The van der Waals surface area contributed by atoms with Crippen molar-refractivity contribution in [3.05, 3.63) is 170 Å². The summed E-state index contributed by atoms with van der Waals surface area (Å²) in [4.78, 5) is 24.7. The standard InChI is InChI=1S/C81H132O5/c1-3-5-7-9-11-13-15-17-19-21-23-25-27-29-31-33-35-37-38-39-40-41-42-44-45-47-49-51-53-55-57-59-61-63-65-67-69-71-73-75-80(83)85-78-79(77-82)86-81(84)76-74-72-70-68-66-64-62-60-58-56-54-52-50-48-46-43-36-34-32-30-28-26-24-22-20-18-16-14-12-10-8-6-4-2/h5-8,11-14,17-20,23-26,29-32,36,43,48,50,54,56,60,62,79,82H,3-4,9-10,15-16,21-22,27-28,33-35,37-42,44-47,49,51-53,55,57-59,61,63-78H2,1-2H3/b7-5-,8-6-,13-11-,14-12-,19-17-,20-18-,25-23-,26-24-,31-29-,32-30-,43-36-,50-48-,56-54-,62-60-. The van der Waals surface area contributed by atoms with Crippen molar-refractivity contribution in [3.63, 3.8) is 0 Å². The first-order valence-corrected chi connectivity index (χ1v) is 35.7. The third kappa shape index (κ3) is 71.7. The molecule has 0 heterocycles. The second-order valence-electron chi connectivity index (χ2n) is 23.2. The van der Waals surface area contributed by atoms with Gasteiger partial charge in [-0.2, -0.15) is 0 Å². The topological polar surface area (TPSA) is 72.8 Å². The van der Waals surface area contributed by atoms with Crippen LogP contribution in [-0.4, -0.2) is 36.4 Å². The molecule has 1 unspecified atom stereocenters. The van der Waals surface area contributed by atoms with Gasteiger partial charge in [-0.05, 0) is 128 Å². The summed E-state index contributed by atoms with van der Waals surface area (Å²) in [7, 11) is 0. The lowest BCUT2D eigenvalue weighted by Gasteiger charge is -2.15. The summed E-state index contributed by atoms with van der Waals surface area (Å²) in [5.41, 5.74) is 0. The zero-order valence-corrected chi connectivity index (χ0v) is 55.8. The molecule has 5 heteroatoms. The number of ether oxygens (including phenoxy) is 2. The van der Waals surface area contributed by atoms with Crippen molar-refractivity contribution in [2.45, 2.75) is 315 Å². The Hall–Kier alpha value is -4.74. The molecule has 1 N–H and O–H groups in total. The van der Waals surface area contributed by atoms with E-state index < -0.39 is 6.10 Å². The fraction of sp³-hybridized carbons (Fsp3) is 0.630. The molecule has 5 nitrogen and oxygen atoms in total. The third-order valence-corrected chi connectivity index (χ3v) is 15.0. The monoisotopic (exact) mass is 1190 g/mol. The predicted octanol–water partition coefficient (Wildman–Crippen LogP) is 25.2. The molecule has 1 atom stereocenters. The normalized spacial score (nSPS) is 13.3. The minimum Gasteiger partial charge on any atom is -0.462 e. The van der Waals surface area contributed by atoms with Gasteiger partial charge in [-0.25, -0.2) is 0 Å². The number of allylic oxidation sites excluding steroid dienone is 28. The molecule has 0 rings (SSSR count). The zero-order chi connectivity index (χ0) is 61.9. The van der Waals surface area contributed by atoms with E-state index in [0.717, 1.165) is 148 Å². The highest BCUT2D eigenvalue weighted by Crippen LogP contribution is 2.17. The van der Waals surface area contributed by atoms with Crippen LogP contribution in [-0.2, 0) is 19.1 Å². The van der Waals surface area contributed by atoms with Crippen LogP contribution >= 0.6 is 0 Å². The summed E-state index contributed by atoms with van der Waals surface area (Å²) in [5, 5.41) is 9.70. The highest BCUT2D eigenvalue weighted by molar-refractivity contribution is 5.70. The second kappa shape index (κ2) is 74.5. The summed E-state index contributed by atoms with van der Waals surface area (Å²) in [6.07, 6.45) is 115. The highest BCUT2D eigenvalue weighted by atomic mass is 16.6. The van der Waals surface area contributed by atoms with E-state index in [-0.39, 0.29) is 25.2 Å². The first kappa shape index (κ1) is 81.3. The van der Waals surface area contributed by atoms with Crippen molar-refractivity contribution in [3.8, 4) is 0 Å². The van der Waals surface area contributed by atoms with E-state index in [4.69, 9.17) is 9.47 Å². The molecule has 0 aliphatic rings. The van der Waals surface area contributed by atoms with E-state index in [0.29, 0.717) is 12.8 Å². The van der Waals surface area contributed by atoms with Crippen LogP contribution in [0.2, 0.25) is 0 Å². The van der Waals surface area contributed by atoms with Gasteiger partial charge in [0.2, 0.25) is 0 Å². The van der Waals surface area contributed by atoms with Gasteiger partial charge in [0.1, 0.15) is 6.61 Å². The molecule has 86 heavy (non-hydrogen) atoms. The average Bonchev–Trinajstić information content (AvgIpc) is 3.55. The van der Waals surface area contributed by atoms with Crippen LogP contribution in [0.15, 0.2) is 170 Å². The molecule has 0 amide bonds. The Kier molecular flexibility index (Phi) is 70.4. The average molecular weight is 1190 g/mol. The molecule has 0 aliphatic carbocycles. The van der Waals surface area contributed by atoms with Gasteiger partial charge in [-0.3, -0.25) is 9.59 Å². The summed E-state index contributed by atoms with van der Waals surface area (Å²) >= 11 is 0. The number of aliphatic hydroxyl groups is 1. The minimum atomic E-state index is -0.795. The zero-order valence-electron chi connectivity index (χ0n) is 55.8. The summed E-state index contributed by atoms with van der Waals surface area (Å²) in [6.45, 7) is 3.91. The van der Waals surface area contributed by atoms with Gasteiger partial charge >= 0.3 is 11.9 Å². The van der Waals surface area contributed by atoms with Crippen LogP contribution < -0.4 is 0 Å².